The van der Waals surface area contributed by atoms with Crippen LogP contribution in [0.4, 0.5) is 5.69 Å². The molecule has 0 saturated heterocycles. The molecule has 2 unspecified atom stereocenters. The fourth-order valence-corrected chi connectivity index (χ4v) is 1.98. The average molecular weight is 237 g/mol. The summed E-state index contributed by atoms with van der Waals surface area (Å²) < 4.78 is 5.67. The fourth-order valence-electron chi connectivity index (χ4n) is 1.98. The smallest absolute Gasteiger partial charge is 0.0843 e. The lowest BCUT2D eigenvalue weighted by Crippen LogP contribution is -2.43. The van der Waals surface area contributed by atoms with Gasteiger partial charge in [0.05, 0.1) is 11.6 Å². The van der Waals surface area contributed by atoms with Crippen molar-refractivity contribution in [1.82, 2.24) is 10.3 Å². The van der Waals surface area contributed by atoms with Gasteiger partial charge in [-0.25, -0.2) is 0 Å². The summed E-state index contributed by atoms with van der Waals surface area (Å²) in [6, 6.07) is 1.88. The molecule has 0 amide bonds. The van der Waals surface area contributed by atoms with E-state index in [0.29, 0.717) is 0 Å². The van der Waals surface area contributed by atoms with Gasteiger partial charge in [0.1, 0.15) is 0 Å². The molecule has 0 fully saturated rings. The third-order valence-electron chi connectivity index (χ3n) is 3.39. The predicted octanol–water partition coefficient (Wildman–Crippen LogP) is 2.13. The highest BCUT2D eigenvalue weighted by Gasteiger charge is 2.34. The second-order valence-corrected chi connectivity index (χ2v) is 4.37. The summed E-state index contributed by atoms with van der Waals surface area (Å²) in [6.45, 7) is 7.14. The van der Waals surface area contributed by atoms with Crippen LogP contribution < -0.4 is 11.1 Å². The molecule has 2 atom stereocenters. The van der Waals surface area contributed by atoms with E-state index in [4.69, 9.17) is 10.5 Å². The van der Waals surface area contributed by atoms with Crippen molar-refractivity contribution >= 4 is 5.69 Å². The standard InChI is InChI=1S/C13H23N3O/c1-5-13(3,17-4)12(16-6-2)10-9-15-8-7-11(10)14/h7-9,12,16H,5-6H2,1-4H3,(H2,14,15). The molecule has 1 aromatic heterocycles. The van der Waals surface area contributed by atoms with Crippen LogP contribution in [0.25, 0.3) is 0 Å². The van der Waals surface area contributed by atoms with Crippen LogP contribution >= 0.6 is 0 Å². The zero-order chi connectivity index (χ0) is 12.9. The van der Waals surface area contributed by atoms with E-state index in [1.807, 2.05) is 12.3 Å². The van der Waals surface area contributed by atoms with Gasteiger partial charge in [0.15, 0.2) is 0 Å². The lowest BCUT2D eigenvalue weighted by Gasteiger charge is -2.37. The summed E-state index contributed by atoms with van der Waals surface area (Å²) in [5.74, 6) is 0. The Balaban J connectivity index is 3.13. The number of aromatic nitrogens is 1. The van der Waals surface area contributed by atoms with Gasteiger partial charge in [0, 0.05) is 30.8 Å². The van der Waals surface area contributed by atoms with E-state index in [0.717, 1.165) is 24.2 Å². The van der Waals surface area contributed by atoms with Gasteiger partial charge >= 0.3 is 0 Å². The summed E-state index contributed by atoms with van der Waals surface area (Å²) in [5.41, 5.74) is 7.49. The molecule has 96 valence electrons. The van der Waals surface area contributed by atoms with Crippen LogP contribution in [0, 0.1) is 0 Å². The maximum Gasteiger partial charge on any atom is 0.0843 e. The first-order valence-electron chi connectivity index (χ1n) is 6.07. The van der Waals surface area contributed by atoms with Crippen LogP contribution in [0.2, 0.25) is 0 Å². The highest BCUT2D eigenvalue weighted by Crippen LogP contribution is 2.33. The third kappa shape index (κ3) is 2.96. The van der Waals surface area contributed by atoms with Crippen molar-refractivity contribution in [3.8, 4) is 0 Å². The van der Waals surface area contributed by atoms with E-state index in [2.05, 4.69) is 31.1 Å². The Morgan fingerprint density at radius 3 is 2.71 bits per heavy atom. The monoisotopic (exact) mass is 237 g/mol. The number of likely N-dealkylation sites (N-methyl/N-ethyl adjacent to an activating group) is 1. The number of nitrogens with zero attached hydrogens (tertiary/aromatic N) is 1. The van der Waals surface area contributed by atoms with Crippen molar-refractivity contribution < 1.29 is 4.74 Å². The molecule has 0 bridgehead atoms. The van der Waals surface area contributed by atoms with Crippen molar-refractivity contribution in [1.29, 1.82) is 0 Å². The van der Waals surface area contributed by atoms with Gasteiger partial charge in [0.25, 0.3) is 0 Å². The first kappa shape index (κ1) is 13.9. The Morgan fingerprint density at radius 2 is 2.24 bits per heavy atom. The van der Waals surface area contributed by atoms with Gasteiger partial charge in [-0.3, -0.25) is 4.98 Å². The van der Waals surface area contributed by atoms with E-state index in [-0.39, 0.29) is 11.6 Å². The quantitative estimate of drug-likeness (QED) is 0.795. The molecule has 1 heterocycles. The van der Waals surface area contributed by atoms with Gasteiger partial charge < -0.3 is 15.8 Å². The van der Waals surface area contributed by atoms with Gasteiger partial charge in [-0.05, 0) is 26.0 Å². The number of nitrogens with one attached hydrogen (secondary N) is 1. The van der Waals surface area contributed by atoms with Crippen molar-refractivity contribution in [2.75, 3.05) is 19.4 Å². The summed E-state index contributed by atoms with van der Waals surface area (Å²) in [6.07, 6.45) is 4.42. The summed E-state index contributed by atoms with van der Waals surface area (Å²) in [5, 5.41) is 3.44. The Hall–Kier alpha value is -1.13. The molecule has 3 N–H and O–H groups in total. The number of hydrogen-bond donors (Lipinski definition) is 2. The van der Waals surface area contributed by atoms with Gasteiger partial charge in [0.2, 0.25) is 0 Å². The number of hydrogen-bond acceptors (Lipinski definition) is 4. The molecule has 0 aromatic carbocycles. The Morgan fingerprint density at radius 1 is 1.53 bits per heavy atom. The average Bonchev–Trinajstić information content (AvgIpc) is 2.36. The summed E-state index contributed by atoms with van der Waals surface area (Å²) >= 11 is 0. The van der Waals surface area contributed by atoms with Gasteiger partial charge in [-0.2, -0.15) is 0 Å². The fraction of sp³-hybridized carbons (Fsp3) is 0.615. The number of nitrogens with two attached hydrogens (primary N) is 1. The normalized spacial score (nSPS) is 16.5. The number of rotatable bonds is 6. The van der Waals surface area contributed by atoms with E-state index in [9.17, 15) is 0 Å². The van der Waals surface area contributed by atoms with Crippen LogP contribution in [-0.2, 0) is 4.74 Å². The first-order valence-corrected chi connectivity index (χ1v) is 6.07. The van der Waals surface area contributed by atoms with Crippen molar-refractivity contribution in [3.05, 3.63) is 24.0 Å². The zero-order valence-electron chi connectivity index (χ0n) is 11.2. The van der Waals surface area contributed by atoms with Crippen molar-refractivity contribution in [3.63, 3.8) is 0 Å². The molecule has 4 heteroatoms. The maximum absolute atomic E-state index is 6.02. The third-order valence-corrected chi connectivity index (χ3v) is 3.39. The van der Waals surface area contributed by atoms with Crippen LogP contribution in [0.1, 0.15) is 38.8 Å². The topological polar surface area (TPSA) is 60.2 Å². The van der Waals surface area contributed by atoms with Gasteiger partial charge in [-0.1, -0.05) is 13.8 Å². The van der Waals surface area contributed by atoms with E-state index >= 15 is 0 Å². The molecule has 0 aliphatic carbocycles. The SMILES string of the molecule is CCNC(c1cnccc1N)C(C)(CC)OC. The predicted molar refractivity (Wildman–Crippen MR) is 70.8 cm³/mol. The largest absolute Gasteiger partial charge is 0.398 e. The molecule has 0 spiro atoms. The van der Waals surface area contributed by atoms with Gasteiger partial charge in [-0.15, -0.1) is 0 Å². The van der Waals surface area contributed by atoms with E-state index in [1.54, 1.807) is 13.3 Å². The molecule has 17 heavy (non-hydrogen) atoms. The lowest BCUT2D eigenvalue weighted by molar-refractivity contribution is -0.0294. The number of methoxy groups -OCH3 is 1. The molecule has 1 aromatic rings. The first-order chi connectivity index (χ1) is 8.09. The molecule has 0 saturated carbocycles. The minimum atomic E-state index is -0.285. The molecule has 0 aliphatic rings. The van der Waals surface area contributed by atoms with Crippen LogP contribution in [0.3, 0.4) is 0 Å². The molecular formula is C13H23N3O. The highest BCUT2D eigenvalue weighted by molar-refractivity contribution is 5.47. The number of anilines is 1. The Labute approximate surface area is 104 Å². The lowest BCUT2D eigenvalue weighted by atomic mass is 9.87. The van der Waals surface area contributed by atoms with Crippen LogP contribution in [-0.4, -0.2) is 24.2 Å². The van der Waals surface area contributed by atoms with Crippen molar-refractivity contribution in [2.45, 2.75) is 38.8 Å². The maximum atomic E-state index is 6.02. The second-order valence-electron chi connectivity index (χ2n) is 4.37. The Bertz CT molecular complexity index is 350. The minimum absolute atomic E-state index is 0.0520. The van der Waals surface area contributed by atoms with E-state index in [1.165, 1.54) is 0 Å². The minimum Gasteiger partial charge on any atom is -0.398 e. The second kappa shape index (κ2) is 5.98. The number of pyridine rings is 1. The molecular weight excluding hydrogens is 214 g/mol. The van der Waals surface area contributed by atoms with Crippen LogP contribution in [0.5, 0.6) is 0 Å². The number of nitrogen functional groups attached to an aromatic ring is 1. The van der Waals surface area contributed by atoms with Crippen molar-refractivity contribution in [2.24, 2.45) is 0 Å². The van der Waals surface area contributed by atoms with E-state index < -0.39 is 0 Å². The van der Waals surface area contributed by atoms with Crippen LogP contribution in [0.15, 0.2) is 18.5 Å². The molecule has 4 nitrogen and oxygen atoms in total. The number of ether oxygens (including phenoxy) is 1. The summed E-state index contributed by atoms with van der Waals surface area (Å²) in [4.78, 5) is 4.16. The highest BCUT2D eigenvalue weighted by atomic mass is 16.5. The molecule has 1 rings (SSSR count). The summed E-state index contributed by atoms with van der Waals surface area (Å²) in [7, 11) is 1.74. The molecule has 0 radical (unpaired) electrons. The zero-order valence-corrected chi connectivity index (χ0v) is 11.2. The Kier molecular flexibility index (Phi) is 4.90. The molecule has 0 aliphatic heterocycles.